The Bertz CT molecular complexity index is 468. The van der Waals surface area contributed by atoms with E-state index in [0.29, 0.717) is 6.42 Å². The lowest BCUT2D eigenvalue weighted by Gasteiger charge is -2.46. The molecule has 0 saturated carbocycles. The third kappa shape index (κ3) is 3.65. The summed E-state index contributed by atoms with van der Waals surface area (Å²) in [6.45, 7) is 12.0. The molecule has 0 aliphatic carbocycles. The van der Waals surface area contributed by atoms with Crippen LogP contribution in [0, 0.1) is 13.8 Å². The van der Waals surface area contributed by atoms with Crippen molar-refractivity contribution in [3.63, 3.8) is 0 Å². The van der Waals surface area contributed by atoms with Gasteiger partial charge in [-0.3, -0.25) is 4.90 Å². The van der Waals surface area contributed by atoms with Crippen molar-refractivity contribution < 1.29 is 9.84 Å². The van der Waals surface area contributed by atoms with Crippen molar-refractivity contribution in [3.8, 4) is 0 Å². The van der Waals surface area contributed by atoms with Crippen LogP contribution >= 0.6 is 0 Å². The average molecular weight is 291 g/mol. The Balaban J connectivity index is 2.11. The number of aliphatic hydroxyl groups is 1. The SMILES string of the molecule is CCC(C)(C(O)Cc1ccc(C)c(C)c1)N1CCOCC1. The van der Waals surface area contributed by atoms with Crippen LogP contribution in [-0.2, 0) is 11.2 Å². The topological polar surface area (TPSA) is 32.7 Å². The predicted molar refractivity (Wildman–Crippen MR) is 86.7 cm³/mol. The molecule has 0 spiro atoms. The molecule has 0 amide bonds. The molecule has 1 saturated heterocycles. The Morgan fingerprint density at radius 1 is 1.24 bits per heavy atom. The lowest BCUT2D eigenvalue weighted by Crippen LogP contribution is -2.58. The molecule has 0 aromatic heterocycles. The van der Waals surface area contributed by atoms with Gasteiger partial charge in [-0.05, 0) is 43.9 Å². The van der Waals surface area contributed by atoms with Crippen LogP contribution in [0.5, 0.6) is 0 Å². The van der Waals surface area contributed by atoms with Crippen molar-refractivity contribution in [3.05, 3.63) is 34.9 Å². The van der Waals surface area contributed by atoms with Gasteiger partial charge in [-0.1, -0.05) is 25.1 Å². The first-order chi connectivity index (χ1) is 9.97. The summed E-state index contributed by atoms with van der Waals surface area (Å²) >= 11 is 0. The Kier molecular flexibility index (Phi) is 5.42. The molecule has 1 fully saturated rings. The largest absolute Gasteiger partial charge is 0.391 e. The molecule has 1 heterocycles. The average Bonchev–Trinajstić information content (AvgIpc) is 2.51. The van der Waals surface area contributed by atoms with E-state index in [1.807, 2.05) is 0 Å². The number of hydrogen-bond donors (Lipinski definition) is 1. The van der Waals surface area contributed by atoms with Crippen molar-refractivity contribution in [2.45, 2.75) is 52.2 Å². The fourth-order valence-corrected chi connectivity index (χ4v) is 3.12. The molecule has 2 atom stereocenters. The van der Waals surface area contributed by atoms with Gasteiger partial charge in [0.05, 0.1) is 19.3 Å². The molecule has 1 aliphatic heterocycles. The highest BCUT2D eigenvalue weighted by Gasteiger charge is 2.37. The monoisotopic (exact) mass is 291 g/mol. The van der Waals surface area contributed by atoms with E-state index in [9.17, 15) is 5.11 Å². The van der Waals surface area contributed by atoms with E-state index in [1.54, 1.807) is 0 Å². The van der Waals surface area contributed by atoms with Crippen LogP contribution in [0.4, 0.5) is 0 Å². The summed E-state index contributed by atoms with van der Waals surface area (Å²) in [5, 5.41) is 10.9. The maximum absolute atomic E-state index is 10.9. The number of morpholine rings is 1. The van der Waals surface area contributed by atoms with Crippen LogP contribution in [0.1, 0.15) is 37.0 Å². The van der Waals surface area contributed by atoms with Crippen molar-refractivity contribution in [2.75, 3.05) is 26.3 Å². The second kappa shape index (κ2) is 6.91. The van der Waals surface area contributed by atoms with E-state index < -0.39 is 0 Å². The molecule has 1 aromatic rings. The molecule has 1 aliphatic rings. The van der Waals surface area contributed by atoms with Gasteiger partial charge in [-0.2, -0.15) is 0 Å². The fourth-order valence-electron chi connectivity index (χ4n) is 3.12. The number of ether oxygens (including phenoxy) is 1. The molecular formula is C18H29NO2. The highest BCUT2D eigenvalue weighted by atomic mass is 16.5. The second-order valence-electron chi connectivity index (χ2n) is 6.45. The lowest BCUT2D eigenvalue weighted by atomic mass is 9.85. The van der Waals surface area contributed by atoms with Gasteiger partial charge >= 0.3 is 0 Å². The molecule has 3 nitrogen and oxygen atoms in total. The van der Waals surface area contributed by atoms with Crippen molar-refractivity contribution >= 4 is 0 Å². The van der Waals surface area contributed by atoms with Gasteiger partial charge < -0.3 is 9.84 Å². The Hall–Kier alpha value is -0.900. The minimum Gasteiger partial charge on any atom is -0.391 e. The molecule has 118 valence electrons. The van der Waals surface area contributed by atoms with Gasteiger partial charge in [0.2, 0.25) is 0 Å². The standard InChI is InChI=1S/C18H29NO2/c1-5-18(4,19-8-10-21-11-9-19)17(20)13-16-7-6-14(2)15(3)12-16/h6-7,12,17,20H,5,8-11,13H2,1-4H3. The van der Waals surface area contributed by atoms with Gasteiger partial charge in [0.1, 0.15) is 0 Å². The third-order valence-electron chi connectivity index (χ3n) is 5.17. The highest BCUT2D eigenvalue weighted by molar-refractivity contribution is 5.30. The Morgan fingerprint density at radius 3 is 2.48 bits per heavy atom. The first-order valence-electron chi connectivity index (χ1n) is 8.04. The molecule has 1 aromatic carbocycles. The number of rotatable bonds is 5. The maximum Gasteiger partial charge on any atom is 0.0761 e. The Labute approximate surface area is 128 Å². The van der Waals surface area contributed by atoms with Crippen LogP contribution in [0.15, 0.2) is 18.2 Å². The summed E-state index contributed by atoms with van der Waals surface area (Å²) in [6.07, 6.45) is 1.30. The number of benzene rings is 1. The zero-order chi connectivity index (χ0) is 15.5. The van der Waals surface area contributed by atoms with Gasteiger partial charge in [-0.25, -0.2) is 0 Å². The van der Waals surface area contributed by atoms with E-state index in [4.69, 9.17) is 4.74 Å². The predicted octanol–water partition coefficient (Wildman–Crippen LogP) is 2.71. The maximum atomic E-state index is 10.9. The highest BCUT2D eigenvalue weighted by Crippen LogP contribution is 2.27. The molecule has 2 rings (SSSR count). The third-order valence-corrected chi connectivity index (χ3v) is 5.17. The summed E-state index contributed by atoms with van der Waals surface area (Å²) in [6, 6.07) is 6.49. The summed E-state index contributed by atoms with van der Waals surface area (Å²) < 4.78 is 5.44. The first-order valence-corrected chi connectivity index (χ1v) is 8.04. The number of nitrogens with zero attached hydrogens (tertiary/aromatic N) is 1. The first kappa shape index (κ1) is 16.5. The molecule has 0 bridgehead atoms. The summed E-state index contributed by atoms with van der Waals surface area (Å²) in [5.41, 5.74) is 3.64. The van der Waals surface area contributed by atoms with E-state index in [1.165, 1.54) is 16.7 Å². The quantitative estimate of drug-likeness (QED) is 0.905. The second-order valence-corrected chi connectivity index (χ2v) is 6.45. The van der Waals surface area contributed by atoms with Crippen LogP contribution in [0.2, 0.25) is 0 Å². The van der Waals surface area contributed by atoms with E-state index in [-0.39, 0.29) is 11.6 Å². The zero-order valence-corrected chi connectivity index (χ0v) is 13.9. The van der Waals surface area contributed by atoms with E-state index in [2.05, 4.69) is 50.8 Å². The van der Waals surface area contributed by atoms with Gasteiger partial charge in [0.15, 0.2) is 0 Å². The van der Waals surface area contributed by atoms with E-state index in [0.717, 1.165) is 32.7 Å². The molecule has 21 heavy (non-hydrogen) atoms. The van der Waals surface area contributed by atoms with E-state index >= 15 is 0 Å². The summed E-state index contributed by atoms with van der Waals surface area (Å²) in [4.78, 5) is 2.39. The number of aliphatic hydroxyl groups excluding tert-OH is 1. The lowest BCUT2D eigenvalue weighted by molar-refractivity contribution is -0.0714. The van der Waals surface area contributed by atoms with Crippen molar-refractivity contribution in [1.29, 1.82) is 0 Å². The van der Waals surface area contributed by atoms with Crippen LogP contribution < -0.4 is 0 Å². The minimum absolute atomic E-state index is 0.178. The van der Waals surface area contributed by atoms with Crippen LogP contribution in [0.3, 0.4) is 0 Å². The molecule has 1 N–H and O–H groups in total. The molecule has 2 unspecified atom stereocenters. The minimum atomic E-state index is -0.359. The fraction of sp³-hybridized carbons (Fsp3) is 0.667. The number of aryl methyl sites for hydroxylation is 2. The van der Waals surface area contributed by atoms with Gasteiger partial charge in [-0.15, -0.1) is 0 Å². The zero-order valence-electron chi connectivity index (χ0n) is 13.9. The van der Waals surface area contributed by atoms with Crippen LogP contribution in [0.25, 0.3) is 0 Å². The summed E-state index contributed by atoms with van der Waals surface area (Å²) in [5.74, 6) is 0. The summed E-state index contributed by atoms with van der Waals surface area (Å²) in [7, 11) is 0. The normalized spacial score (nSPS) is 21.0. The Morgan fingerprint density at radius 2 is 1.90 bits per heavy atom. The molecular weight excluding hydrogens is 262 g/mol. The number of hydrogen-bond acceptors (Lipinski definition) is 3. The van der Waals surface area contributed by atoms with Gasteiger partial charge in [0.25, 0.3) is 0 Å². The van der Waals surface area contributed by atoms with Gasteiger partial charge in [0, 0.05) is 25.0 Å². The van der Waals surface area contributed by atoms with Crippen molar-refractivity contribution in [1.82, 2.24) is 4.90 Å². The van der Waals surface area contributed by atoms with Crippen LogP contribution in [-0.4, -0.2) is 48.0 Å². The molecule has 3 heteroatoms. The smallest absolute Gasteiger partial charge is 0.0761 e. The molecule has 0 radical (unpaired) electrons. The van der Waals surface area contributed by atoms with Crippen molar-refractivity contribution in [2.24, 2.45) is 0 Å².